The summed E-state index contributed by atoms with van der Waals surface area (Å²) in [5.74, 6) is -0.511. The van der Waals surface area contributed by atoms with Crippen LogP contribution in [0.4, 0.5) is 0 Å². The number of benzene rings is 2. The summed E-state index contributed by atoms with van der Waals surface area (Å²) in [6, 6.07) is 10.4. The lowest BCUT2D eigenvalue weighted by Crippen LogP contribution is -2.41. The molecule has 35 heavy (non-hydrogen) atoms. The Morgan fingerprint density at radius 3 is 2.40 bits per heavy atom. The zero-order valence-electron chi connectivity index (χ0n) is 19.5. The number of hydrogen-bond acceptors (Lipinski definition) is 6. The van der Waals surface area contributed by atoms with Crippen molar-refractivity contribution < 1.29 is 21.6 Å². The average molecular weight is 537 g/mol. The van der Waals surface area contributed by atoms with Crippen LogP contribution in [0.25, 0.3) is 10.2 Å². The summed E-state index contributed by atoms with van der Waals surface area (Å²) in [5, 5.41) is 5.25. The van der Waals surface area contributed by atoms with Gasteiger partial charge < -0.3 is 4.57 Å². The second-order valence-corrected chi connectivity index (χ2v) is 13.1. The zero-order chi connectivity index (χ0) is 25.4. The Kier molecular flexibility index (Phi) is 7.30. The lowest BCUT2D eigenvalue weighted by Gasteiger charge is -2.32. The lowest BCUT2D eigenvalue weighted by atomic mass is 10.1. The smallest absolute Gasteiger partial charge is 0.279 e. The number of nitrogens with zero attached hydrogens (tertiary/aromatic N) is 3. The molecular weight excluding hydrogens is 508 g/mol. The van der Waals surface area contributed by atoms with Gasteiger partial charge in [-0.05, 0) is 68.7 Å². The number of amides is 1. The molecule has 1 aromatic heterocycles. The van der Waals surface area contributed by atoms with Gasteiger partial charge in [-0.1, -0.05) is 24.7 Å². The van der Waals surface area contributed by atoms with Gasteiger partial charge in [0.15, 0.2) is 4.80 Å². The molecule has 3 aromatic rings. The molecule has 0 bridgehead atoms. The Balaban J connectivity index is 1.68. The SMILES string of the molecule is CCCn1c(=NC(=O)c2ccc(S(=O)(=O)N3CCCCC3C)cc2)sc2cc(S(N)(=O)=O)ccc21. The maximum absolute atomic E-state index is 13.0. The molecule has 1 aliphatic rings. The average Bonchev–Trinajstić information content (AvgIpc) is 3.15. The van der Waals surface area contributed by atoms with E-state index in [0.29, 0.717) is 22.6 Å². The van der Waals surface area contributed by atoms with Crippen LogP contribution in [0.3, 0.4) is 0 Å². The Morgan fingerprint density at radius 1 is 1.09 bits per heavy atom. The molecule has 12 heteroatoms. The van der Waals surface area contributed by atoms with Crippen molar-refractivity contribution in [2.24, 2.45) is 10.1 Å². The Bertz CT molecular complexity index is 1540. The monoisotopic (exact) mass is 536 g/mol. The van der Waals surface area contributed by atoms with Gasteiger partial charge >= 0.3 is 0 Å². The fourth-order valence-corrected chi connectivity index (χ4v) is 7.65. The molecule has 0 saturated carbocycles. The molecular formula is C23H28N4O5S3. The summed E-state index contributed by atoms with van der Waals surface area (Å²) < 4.78 is 53.6. The Morgan fingerprint density at radius 2 is 1.77 bits per heavy atom. The van der Waals surface area contributed by atoms with E-state index >= 15 is 0 Å². The van der Waals surface area contributed by atoms with Gasteiger partial charge in [0.25, 0.3) is 5.91 Å². The normalized spacial score (nSPS) is 18.3. The molecule has 0 radical (unpaired) electrons. The van der Waals surface area contributed by atoms with Crippen molar-refractivity contribution in [2.45, 2.75) is 61.9 Å². The Labute approximate surface area is 209 Å². The minimum absolute atomic E-state index is 0.00685. The number of primary sulfonamides is 1. The summed E-state index contributed by atoms with van der Waals surface area (Å²) in [5.41, 5.74) is 1.02. The number of thiazole rings is 1. The number of fused-ring (bicyclic) bond motifs is 1. The van der Waals surface area contributed by atoms with E-state index in [4.69, 9.17) is 5.14 Å². The first-order valence-electron chi connectivity index (χ1n) is 11.4. The zero-order valence-corrected chi connectivity index (χ0v) is 22.0. The number of aromatic nitrogens is 1. The molecule has 0 aliphatic carbocycles. The molecule has 9 nitrogen and oxygen atoms in total. The maximum atomic E-state index is 13.0. The highest BCUT2D eigenvalue weighted by atomic mass is 32.2. The van der Waals surface area contributed by atoms with E-state index in [0.717, 1.165) is 31.2 Å². The van der Waals surface area contributed by atoms with Crippen LogP contribution >= 0.6 is 11.3 Å². The molecule has 2 aromatic carbocycles. The number of rotatable bonds is 6. The predicted octanol–water partition coefficient (Wildman–Crippen LogP) is 3.06. The molecule has 0 spiro atoms. The second-order valence-electron chi connectivity index (χ2n) is 8.61. The second kappa shape index (κ2) is 9.94. The first-order chi connectivity index (χ1) is 16.5. The fraction of sp³-hybridized carbons (Fsp3) is 0.391. The fourth-order valence-electron chi connectivity index (χ4n) is 4.24. The molecule has 1 amide bonds. The van der Waals surface area contributed by atoms with Crippen molar-refractivity contribution in [2.75, 3.05) is 6.54 Å². The highest BCUT2D eigenvalue weighted by Crippen LogP contribution is 2.26. The van der Waals surface area contributed by atoms with Crippen molar-refractivity contribution in [3.05, 3.63) is 52.8 Å². The predicted molar refractivity (Wildman–Crippen MR) is 135 cm³/mol. The van der Waals surface area contributed by atoms with Gasteiger partial charge in [-0.25, -0.2) is 22.0 Å². The first kappa shape index (κ1) is 25.7. The first-order valence-corrected chi connectivity index (χ1v) is 15.2. The van der Waals surface area contributed by atoms with Crippen LogP contribution in [0, 0.1) is 0 Å². The van der Waals surface area contributed by atoms with Gasteiger partial charge in [0, 0.05) is 24.7 Å². The number of aryl methyl sites for hydroxylation is 1. The number of hydrogen-bond donors (Lipinski definition) is 1. The lowest BCUT2D eigenvalue weighted by molar-refractivity contribution is 0.0997. The third kappa shape index (κ3) is 5.26. The summed E-state index contributed by atoms with van der Waals surface area (Å²) in [6.45, 7) is 4.99. The van der Waals surface area contributed by atoms with Crippen LogP contribution < -0.4 is 9.94 Å². The molecule has 188 valence electrons. The number of piperidine rings is 1. The maximum Gasteiger partial charge on any atom is 0.279 e. The van der Waals surface area contributed by atoms with Crippen LogP contribution in [0.15, 0.2) is 57.2 Å². The molecule has 1 unspecified atom stereocenters. The van der Waals surface area contributed by atoms with E-state index < -0.39 is 26.0 Å². The van der Waals surface area contributed by atoms with Crippen LogP contribution in [-0.4, -0.2) is 44.2 Å². The standard InChI is InChI=1S/C23H28N4O5S3/c1-3-13-26-20-12-11-19(34(24,29)30)15-21(20)33-23(26)25-22(28)17-7-9-18(10-8-17)35(31,32)27-14-5-4-6-16(27)2/h7-12,15-16H,3-6,13-14H2,1-2H3,(H2,24,29,30). The summed E-state index contributed by atoms with van der Waals surface area (Å²) in [4.78, 5) is 17.8. The van der Waals surface area contributed by atoms with Crippen LogP contribution in [-0.2, 0) is 26.6 Å². The topological polar surface area (TPSA) is 132 Å². The van der Waals surface area contributed by atoms with Crippen molar-refractivity contribution in [1.82, 2.24) is 8.87 Å². The van der Waals surface area contributed by atoms with E-state index in [9.17, 15) is 21.6 Å². The van der Waals surface area contributed by atoms with E-state index in [-0.39, 0.29) is 21.4 Å². The van der Waals surface area contributed by atoms with Crippen LogP contribution in [0.5, 0.6) is 0 Å². The van der Waals surface area contributed by atoms with Gasteiger partial charge in [0.05, 0.1) is 20.0 Å². The third-order valence-corrected chi connectivity index (χ3v) is 10.1. The number of sulfonamides is 2. The van der Waals surface area contributed by atoms with Gasteiger partial charge in [-0.15, -0.1) is 0 Å². The van der Waals surface area contributed by atoms with Crippen molar-refractivity contribution in [1.29, 1.82) is 0 Å². The van der Waals surface area contributed by atoms with E-state index in [2.05, 4.69) is 4.99 Å². The number of carbonyl (C=O) groups is 1. The summed E-state index contributed by atoms with van der Waals surface area (Å²) in [7, 11) is -7.49. The van der Waals surface area contributed by atoms with E-state index in [1.54, 1.807) is 6.07 Å². The molecule has 1 atom stereocenters. The van der Waals surface area contributed by atoms with Crippen molar-refractivity contribution >= 4 is 47.5 Å². The largest absolute Gasteiger partial charge is 0.316 e. The van der Waals surface area contributed by atoms with Crippen molar-refractivity contribution in [3.63, 3.8) is 0 Å². The highest BCUT2D eigenvalue weighted by molar-refractivity contribution is 7.89. The summed E-state index contributed by atoms with van der Waals surface area (Å²) >= 11 is 1.20. The van der Waals surface area contributed by atoms with Crippen molar-refractivity contribution in [3.8, 4) is 0 Å². The third-order valence-electron chi connectivity index (χ3n) is 6.08. The number of nitrogens with two attached hydrogens (primary N) is 1. The van der Waals surface area contributed by atoms with Gasteiger partial charge in [0.2, 0.25) is 20.0 Å². The molecule has 4 rings (SSSR count). The molecule has 1 saturated heterocycles. The van der Waals surface area contributed by atoms with Gasteiger partial charge in [-0.3, -0.25) is 4.79 Å². The Hall–Kier alpha value is -2.38. The van der Waals surface area contributed by atoms with Crippen LogP contribution in [0.1, 0.15) is 49.9 Å². The minimum Gasteiger partial charge on any atom is -0.316 e. The highest BCUT2D eigenvalue weighted by Gasteiger charge is 2.31. The summed E-state index contributed by atoms with van der Waals surface area (Å²) in [6.07, 6.45) is 3.47. The molecule has 2 N–H and O–H groups in total. The molecule has 1 aliphatic heterocycles. The molecule has 1 fully saturated rings. The van der Waals surface area contributed by atoms with Crippen LogP contribution in [0.2, 0.25) is 0 Å². The van der Waals surface area contributed by atoms with E-state index in [1.807, 2.05) is 18.4 Å². The molecule has 2 heterocycles. The number of carbonyl (C=O) groups excluding carboxylic acids is 1. The minimum atomic E-state index is -3.86. The van der Waals surface area contributed by atoms with Gasteiger partial charge in [-0.2, -0.15) is 9.30 Å². The van der Waals surface area contributed by atoms with Gasteiger partial charge in [0.1, 0.15) is 0 Å². The quantitative estimate of drug-likeness (QED) is 0.517. The van der Waals surface area contributed by atoms with E-state index in [1.165, 1.54) is 52.0 Å².